The average molecular weight is 221 g/mol. The highest BCUT2D eigenvalue weighted by Gasteiger charge is 2.36. The lowest BCUT2D eigenvalue weighted by atomic mass is 9.98. The summed E-state index contributed by atoms with van der Waals surface area (Å²) in [6, 6.07) is 10.1. The van der Waals surface area contributed by atoms with Gasteiger partial charge in [0.2, 0.25) is 0 Å². The number of aliphatic hydroxyl groups is 1. The molecule has 0 aliphatic carbocycles. The summed E-state index contributed by atoms with van der Waals surface area (Å²) < 4.78 is 5.62. The summed E-state index contributed by atoms with van der Waals surface area (Å²) in [6.45, 7) is 3.90. The Morgan fingerprint density at radius 3 is 2.81 bits per heavy atom. The molecule has 1 saturated heterocycles. The number of benzene rings is 1. The molecular formula is C13H19NO2. The molecule has 3 nitrogen and oxygen atoms in total. The van der Waals surface area contributed by atoms with E-state index in [1.165, 1.54) is 5.56 Å². The van der Waals surface area contributed by atoms with Crippen molar-refractivity contribution in [2.45, 2.75) is 31.6 Å². The summed E-state index contributed by atoms with van der Waals surface area (Å²) >= 11 is 0. The minimum Gasteiger partial charge on any atom is -0.388 e. The van der Waals surface area contributed by atoms with Gasteiger partial charge in [0.05, 0.1) is 24.9 Å². The molecule has 3 heteroatoms. The van der Waals surface area contributed by atoms with E-state index in [0.29, 0.717) is 13.2 Å². The van der Waals surface area contributed by atoms with Gasteiger partial charge in [-0.15, -0.1) is 0 Å². The second-order valence-electron chi connectivity index (χ2n) is 4.61. The molecule has 1 heterocycles. The fraction of sp³-hybridized carbons (Fsp3) is 0.538. The first kappa shape index (κ1) is 11.6. The van der Waals surface area contributed by atoms with Crippen molar-refractivity contribution in [2.75, 3.05) is 13.2 Å². The summed E-state index contributed by atoms with van der Waals surface area (Å²) in [5.74, 6) is 0. The molecule has 88 valence electrons. The Balaban J connectivity index is 1.76. The first-order valence-electron chi connectivity index (χ1n) is 5.76. The molecule has 0 radical (unpaired) electrons. The van der Waals surface area contributed by atoms with Crippen LogP contribution in [-0.2, 0) is 11.3 Å². The lowest BCUT2D eigenvalue weighted by molar-refractivity contribution is 0.00131. The topological polar surface area (TPSA) is 41.5 Å². The number of ether oxygens (including phenoxy) is 1. The van der Waals surface area contributed by atoms with Crippen molar-refractivity contribution < 1.29 is 9.84 Å². The standard InChI is InChI=1S/C13H19NO2/c1-13(15)7-8-14-12(13)10-16-9-11-5-3-2-4-6-11/h2-6,12,14-15H,7-10H2,1H3/t12-,13+/m1/s1. The Kier molecular flexibility index (Phi) is 3.59. The quantitative estimate of drug-likeness (QED) is 0.805. The molecule has 0 bridgehead atoms. The van der Waals surface area contributed by atoms with E-state index in [2.05, 4.69) is 5.32 Å². The molecular weight excluding hydrogens is 202 g/mol. The van der Waals surface area contributed by atoms with E-state index in [0.717, 1.165) is 13.0 Å². The van der Waals surface area contributed by atoms with E-state index in [1.807, 2.05) is 37.3 Å². The van der Waals surface area contributed by atoms with Crippen molar-refractivity contribution >= 4 is 0 Å². The highest BCUT2D eigenvalue weighted by Crippen LogP contribution is 2.20. The van der Waals surface area contributed by atoms with E-state index in [4.69, 9.17) is 4.74 Å². The third kappa shape index (κ3) is 2.82. The van der Waals surface area contributed by atoms with Gasteiger partial charge in [0.1, 0.15) is 0 Å². The molecule has 16 heavy (non-hydrogen) atoms. The van der Waals surface area contributed by atoms with Gasteiger partial charge in [0, 0.05) is 0 Å². The maximum atomic E-state index is 10.0. The molecule has 1 aliphatic rings. The molecule has 1 aromatic carbocycles. The van der Waals surface area contributed by atoms with Crippen LogP contribution in [0.4, 0.5) is 0 Å². The zero-order chi connectivity index (χ0) is 11.4. The maximum absolute atomic E-state index is 10.0. The molecule has 2 N–H and O–H groups in total. The van der Waals surface area contributed by atoms with E-state index in [9.17, 15) is 5.11 Å². The molecule has 1 aromatic rings. The molecule has 0 saturated carbocycles. The van der Waals surface area contributed by atoms with Crippen molar-refractivity contribution in [1.82, 2.24) is 5.32 Å². The highest BCUT2D eigenvalue weighted by atomic mass is 16.5. The van der Waals surface area contributed by atoms with Crippen molar-refractivity contribution in [2.24, 2.45) is 0 Å². The Hall–Kier alpha value is -0.900. The number of hydrogen-bond donors (Lipinski definition) is 2. The molecule has 1 fully saturated rings. The third-order valence-corrected chi connectivity index (χ3v) is 3.17. The van der Waals surface area contributed by atoms with Crippen LogP contribution in [0.25, 0.3) is 0 Å². The predicted octanol–water partition coefficient (Wildman–Crippen LogP) is 1.32. The average Bonchev–Trinajstić information content (AvgIpc) is 2.60. The third-order valence-electron chi connectivity index (χ3n) is 3.17. The van der Waals surface area contributed by atoms with Gasteiger partial charge < -0.3 is 15.2 Å². The van der Waals surface area contributed by atoms with Crippen LogP contribution in [0.2, 0.25) is 0 Å². The van der Waals surface area contributed by atoms with Gasteiger partial charge >= 0.3 is 0 Å². The van der Waals surface area contributed by atoms with Crippen LogP contribution >= 0.6 is 0 Å². The first-order chi connectivity index (χ1) is 7.68. The van der Waals surface area contributed by atoms with Crippen molar-refractivity contribution in [1.29, 1.82) is 0 Å². The van der Waals surface area contributed by atoms with Crippen LogP contribution in [0.15, 0.2) is 30.3 Å². The minimum atomic E-state index is -0.628. The number of rotatable bonds is 4. The van der Waals surface area contributed by atoms with Gasteiger partial charge in [-0.2, -0.15) is 0 Å². The molecule has 0 unspecified atom stereocenters. The second kappa shape index (κ2) is 4.95. The molecule has 2 atom stereocenters. The van der Waals surface area contributed by atoms with Gasteiger partial charge in [-0.1, -0.05) is 30.3 Å². The summed E-state index contributed by atoms with van der Waals surface area (Å²) in [7, 11) is 0. The minimum absolute atomic E-state index is 0.0520. The lowest BCUT2D eigenvalue weighted by Gasteiger charge is -2.24. The molecule has 0 aromatic heterocycles. The highest BCUT2D eigenvalue weighted by molar-refractivity contribution is 5.13. The number of nitrogens with one attached hydrogen (secondary N) is 1. The van der Waals surface area contributed by atoms with E-state index in [1.54, 1.807) is 0 Å². The van der Waals surface area contributed by atoms with Crippen molar-refractivity contribution in [3.05, 3.63) is 35.9 Å². The van der Waals surface area contributed by atoms with Gasteiger partial charge in [-0.25, -0.2) is 0 Å². The summed E-state index contributed by atoms with van der Waals surface area (Å²) in [4.78, 5) is 0. The van der Waals surface area contributed by atoms with Crippen LogP contribution in [0.3, 0.4) is 0 Å². The SMILES string of the molecule is C[C@]1(O)CCN[C@@H]1COCc1ccccc1. The van der Waals surface area contributed by atoms with Crippen LogP contribution in [0.5, 0.6) is 0 Å². The van der Waals surface area contributed by atoms with E-state index >= 15 is 0 Å². The first-order valence-corrected chi connectivity index (χ1v) is 5.76. The fourth-order valence-electron chi connectivity index (χ4n) is 2.00. The molecule has 0 spiro atoms. The number of hydrogen-bond acceptors (Lipinski definition) is 3. The van der Waals surface area contributed by atoms with Crippen LogP contribution in [0.1, 0.15) is 18.9 Å². The van der Waals surface area contributed by atoms with Crippen molar-refractivity contribution in [3.63, 3.8) is 0 Å². The predicted molar refractivity (Wildman–Crippen MR) is 63.1 cm³/mol. The normalized spacial score (nSPS) is 29.5. The maximum Gasteiger partial charge on any atom is 0.0806 e. The molecule has 1 aliphatic heterocycles. The van der Waals surface area contributed by atoms with Crippen LogP contribution in [0, 0.1) is 0 Å². The van der Waals surface area contributed by atoms with Gasteiger partial charge in [0.25, 0.3) is 0 Å². The zero-order valence-electron chi connectivity index (χ0n) is 9.65. The fourth-order valence-corrected chi connectivity index (χ4v) is 2.00. The monoisotopic (exact) mass is 221 g/mol. The largest absolute Gasteiger partial charge is 0.388 e. The Morgan fingerprint density at radius 1 is 1.44 bits per heavy atom. The van der Waals surface area contributed by atoms with Crippen LogP contribution in [-0.4, -0.2) is 29.9 Å². The summed E-state index contributed by atoms with van der Waals surface area (Å²) in [5.41, 5.74) is 0.539. The van der Waals surface area contributed by atoms with Crippen LogP contribution < -0.4 is 5.32 Å². The molecule has 0 amide bonds. The summed E-state index contributed by atoms with van der Waals surface area (Å²) in [5, 5.41) is 13.3. The van der Waals surface area contributed by atoms with Gasteiger partial charge in [-0.3, -0.25) is 0 Å². The lowest BCUT2D eigenvalue weighted by Crippen LogP contribution is -2.43. The Morgan fingerprint density at radius 2 is 2.19 bits per heavy atom. The smallest absolute Gasteiger partial charge is 0.0806 e. The van der Waals surface area contributed by atoms with Gasteiger partial charge in [-0.05, 0) is 25.5 Å². The van der Waals surface area contributed by atoms with Crippen molar-refractivity contribution in [3.8, 4) is 0 Å². The summed E-state index contributed by atoms with van der Waals surface area (Å²) in [6.07, 6.45) is 0.798. The Bertz CT molecular complexity index is 324. The second-order valence-corrected chi connectivity index (χ2v) is 4.61. The van der Waals surface area contributed by atoms with E-state index in [-0.39, 0.29) is 6.04 Å². The zero-order valence-corrected chi connectivity index (χ0v) is 9.65. The van der Waals surface area contributed by atoms with Gasteiger partial charge in [0.15, 0.2) is 0 Å². The van der Waals surface area contributed by atoms with E-state index < -0.39 is 5.60 Å². The Labute approximate surface area is 96.4 Å². The molecule has 2 rings (SSSR count).